The van der Waals surface area contributed by atoms with Crippen LogP contribution in [0.15, 0.2) is 27.9 Å². The van der Waals surface area contributed by atoms with Crippen LogP contribution in [0.1, 0.15) is 11.5 Å². The molecule has 21 heavy (non-hydrogen) atoms. The topological polar surface area (TPSA) is 95.3 Å². The lowest BCUT2D eigenvalue weighted by Gasteiger charge is -2.32. The van der Waals surface area contributed by atoms with Crippen LogP contribution in [0.3, 0.4) is 0 Å². The second kappa shape index (κ2) is 5.58. The summed E-state index contributed by atoms with van der Waals surface area (Å²) in [4.78, 5) is 2.15. The van der Waals surface area contributed by atoms with Gasteiger partial charge in [-0.15, -0.1) is 0 Å². The molecular weight excluding hydrogens is 294 g/mol. The lowest BCUT2D eigenvalue weighted by molar-refractivity contribution is 0.165. The van der Waals surface area contributed by atoms with Crippen molar-refractivity contribution in [2.24, 2.45) is 0 Å². The van der Waals surface area contributed by atoms with Crippen LogP contribution in [0.4, 0.5) is 0 Å². The molecule has 0 bridgehead atoms. The number of H-pyrrole nitrogens is 1. The average molecular weight is 311 g/mol. The predicted molar refractivity (Wildman–Crippen MR) is 73.9 cm³/mol. The third-order valence-corrected chi connectivity index (χ3v) is 5.31. The minimum atomic E-state index is -3.46. The summed E-state index contributed by atoms with van der Waals surface area (Å²) < 4.78 is 31.3. The number of aryl methyl sites for hydroxylation is 1. The highest BCUT2D eigenvalue weighted by Crippen LogP contribution is 2.16. The Morgan fingerprint density at radius 2 is 2.10 bits per heavy atom. The van der Waals surface area contributed by atoms with Gasteiger partial charge in [-0.1, -0.05) is 5.16 Å². The molecule has 9 heteroatoms. The van der Waals surface area contributed by atoms with E-state index in [-0.39, 0.29) is 5.03 Å². The fraction of sp³-hybridized carbons (Fsp3) is 0.500. The normalized spacial score (nSPS) is 18.1. The van der Waals surface area contributed by atoms with Gasteiger partial charge in [0.05, 0.1) is 18.4 Å². The molecule has 0 aromatic carbocycles. The van der Waals surface area contributed by atoms with Crippen LogP contribution < -0.4 is 0 Å². The molecular formula is C12H17N5O3S. The van der Waals surface area contributed by atoms with E-state index in [1.807, 2.05) is 13.0 Å². The zero-order valence-electron chi connectivity index (χ0n) is 11.7. The Morgan fingerprint density at radius 1 is 1.33 bits per heavy atom. The van der Waals surface area contributed by atoms with Gasteiger partial charge >= 0.3 is 0 Å². The van der Waals surface area contributed by atoms with E-state index in [1.165, 1.54) is 16.6 Å². The van der Waals surface area contributed by atoms with Crippen LogP contribution in [0.25, 0.3) is 0 Å². The van der Waals surface area contributed by atoms with Crippen molar-refractivity contribution in [3.05, 3.63) is 29.8 Å². The van der Waals surface area contributed by atoms with E-state index in [2.05, 4.69) is 20.3 Å². The Hall–Kier alpha value is -1.71. The van der Waals surface area contributed by atoms with Crippen LogP contribution >= 0.6 is 0 Å². The van der Waals surface area contributed by atoms with Gasteiger partial charge in [-0.25, -0.2) is 8.42 Å². The van der Waals surface area contributed by atoms with E-state index in [0.29, 0.717) is 32.7 Å². The van der Waals surface area contributed by atoms with E-state index < -0.39 is 10.0 Å². The molecule has 1 fully saturated rings. The van der Waals surface area contributed by atoms with Gasteiger partial charge in [-0.05, 0) is 13.0 Å². The smallest absolute Gasteiger partial charge is 0.260 e. The number of aromatic amines is 1. The van der Waals surface area contributed by atoms with Crippen molar-refractivity contribution in [2.45, 2.75) is 18.5 Å². The first kappa shape index (κ1) is 14.2. The van der Waals surface area contributed by atoms with Crippen molar-refractivity contribution in [2.75, 3.05) is 26.2 Å². The SMILES string of the molecule is Cc1cc(CN2CCN(S(=O)(=O)c3ccn[nH]3)CC2)on1. The summed E-state index contributed by atoms with van der Waals surface area (Å²) in [5.74, 6) is 0.803. The Balaban J connectivity index is 1.60. The van der Waals surface area contributed by atoms with Gasteiger partial charge in [0, 0.05) is 32.2 Å². The summed E-state index contributed by atoms with van der Waals surface area (Å²) in [5, 5.41) is 10.2. The molecule has 0 unspecified atom stereocenters. The van der Waals surface area contributed by atoms with Crippen molar-refractivity contribution in [1.29, 1.82) is 0 Å². The second-order valence-corrected chi connectivity index (χ2v) is 6.94. The molecule has 0 saturated carbocycles. The highest BCUT2D eigenvalue weighted by molar-refractivity contribution is 7.89. The van der Waals surface area contributed by atoms with Crippen molar-refractivity contribution in [3.8, 4) is 0 Å². The number of rotatable bonds is 4. The van der Waals surface area contributed by atoms with E-state index in [1.54, 1.807) is 0 Å². The molecule has 1 aliphatic rings. The number of piperazine rings is 1. The minimum absolute atomic E-state index is 0.141. The number of nitrogens with zero attached hydrogens (tertiary/aromatic N) is 4. The van der Waals surface area contributed by atoms with Crippen LogP contribution in [0, 0.1) is 6.92 Å². The molecule has 3 rings (SSSR count). The number of aromatic nitrogens is 3. The lowest BCUT2D eigenvalue weighted by Crippen LogP contribution is -2.48. The fourth-order valence-corrected chi connectivity index (χ4v) is 3.69. The number of nitrogens with one attached hydrogen (secondary N) is 1. The molecule has 1 saturated heterocycles. The molecule has 2 aromatic heterocycles. The van der Waals surface area contributed by atoms with Crippen LogP contribution in [0.5, 0.6) is 0 Å². The van der Waals surface area contributed by atoms with Crippen molar-refractivity contribution >= 4 is 10.0 Å². The van der Waals surface area contributed by atoms with E-state index >= 15 is 0 Å². The largest absolute Gasteiger partial charge is 0.360 e. The van der Waals surface area contributed by atoms with Gasteiger partial charge in [-0.2, -0.15) is 9.40 Å². The maximum Gasteiger partial charge on any atom is 0.260 e. The Kier molecular flexibility index (Phi) is 3.79. The van der Waals surface area contributed by atoms with E-state index in [0.717, 1.165) is 11.5 Å². The highest BCUT2D eigenvalue weighted by atomic mass is 32.2. The van der Waals surface area contributed by atoms with E-state index in [4.69, 9.17) is 4.52 Å². The van der Waals surface area contributed by atoms with Gasteiger partial charge < -0.3 is 4.52 Å². The van der Waals surface area contributed by atoms with Crippen LogP contribution in [0.2, 0.25) is 0 Å². The Labute approximate surface area is 122 Å². The fourth-order valence-electron chi connectivity index (χ4n) is 2.37. The molecule has 0 radical (unpaired) electrons. The summed E-state index contributed by atoms with van der Waals surface area (Å²) in [6.45, 7) is 4.75. The number of hydrogen-bond donors (Lipinski definition) is 1. The van der Waals surface area contributed by atoms with Gasteiger partial charge in [0.25, 0.3) is 10.0 Å². The zero-order valence-corrected chi connectivity index (χ0v) is 12.5. The van der Waals surface area contributed by atoms with Crippen molar-refractivity contribution in [1.82, 2.24) is 24.6 Å². The second-order valence-electron chi connectivity index (χ2n) is 5.04. The zero-order chi connectivity index (χ0) is 14.9. The number of hydrogen-bond acceptors (Lipinski definition) is 6. The van der Waals surface area contributed by atoms with Gasteiger partial charge in [0.2, 0.25) is 0 Å². The molecule has 114 valence electrons. The molecule has 0 atom stereocenters. The molecule has 3 heterocycles. The molecule has 0 amide bonds. The first-order chi connectivity index (χ1) is 10.1. The van der Waals surface area contributed by atoms with Crippen LogP contribution in [-0.2, 0) is 16.6 Å². The molecule has 1 N–H and O–H groups in total. The average Bonchev–Trinajstić information content (AvgIpc) is 3.11. The lowest BCUT2D eigenvalue weighted by atomic mass is 10.3. The van der Waals surface area contributed by atoms with Gasteiger partial charge in [-0.3, -0.25) is 10.00 Å². The maximum atomic E-state index is 12.3. The first-order valence-corrected chi connectivity index (χ1v) is 8.14. The third-order valence-electron chi connectivity index (χ3n) is 3.48. The summed E-state index contributed by atoms with van der Waals surface area (Å²) >= 11 is 0. The summed E-state index contributed by atoms with van der Waals surface area (Å²) in [6, 6.07) is 3.37. The Morgan fingerprint density at radius 3 is 2.67 bits per heavy atom. The molecule has 8 nitrogen and oxygen atoms in total. The maximum absolute atomic E-state index is 12.3. The molecule has 2 aromatic rings. The first-order valence-electron chi connectivity index (χ1n) is 6.70. The molecule has 1 aliphatic heterocycles. The standard InChI is InChI=1S/C12H17N5O3S/c1-10-8-11(20-15-10)9-16-4-6-17(7-5-16)21(18,19)12-2-3-13-14-12/h2-3,8H,4-7,9H2,1H3,(H,13,14). The predicted octanol–water partition coefficient (Wildman–Crippen LogP) is 0.213. The van der Waals surface area contributed by atoms with E-state index in [9.17, 15) is 8.42 Å². The minimum Gasteiger partial charge on any atom is -0.360 e. The summed E-state index contributed by atoms with van der Waals surface area (Å²) in [5.41, 5.74) is 0.852. The van der Waals surface area contributed by atoms with Gasteiger partial charge in [0.1, 0.15) is 0 Å². The quantitative estimate of drug-likeness (QED) is 0.867. The third kappa shape index (κ3) is 2.99. The van der Waals surface area contributed by atoms with Crippen molar-refractivity contribution < 1.29 is 12.9 Å². The molecule has 0 aliphatic carbocycles. The monoisotopic (exact) mass is 311 g/mol. The summed E-state index contributed by atoms with van der Waals surface area (Å²) in [6.07, 6.45) is 1.44. The highest BCUT2D eigenvalue weighted by Gasteiger charge is 2.29. The van der Waals surface area contributed by atoms with Gasteiger partial charge in [0.15, 0.2) is 10.8 Å². The van der Waals surface area contributed by atoms with Crippen molar-refractivity contribution in [3.63, 3.8) is 0 Å². The van der Waals surface area contributed by atoms with Crippen LogP contribution in [-0.4, -0.2) is 59.2 Å². The Bertz CT molecular complexity index is 686. The number of sulfonamides is 1. The molecule has 0 spiro atoms. The summed E-state index contributed by atoms with van der Waals surface area (Å²) in [7, 11) is -3.46.